The molecule has 1 fully saturated rings. The molecule has 0 radical (unpaired) electrons. The van der Waals surface area contributed by atoms with Gasteiger partial charge in [0.15, 0.2) is 0 Å². The van der Waals surface area contributed by atoms with Crippen LogP contribution in [-0.4, -0.2) is 55.8 Å². The number of hydrogen-bond donors (Lipinski definition) is 1. The number of ether oxygens (including phenoxy) is 1. The van der Waals surface area contributed by atoms with Crippen molar-refractivity contribution >= 4 is 11.7 Å². The monoisotopic (exact) mass is 292 g/mol. The maximum Gasteiger partial charge on any atom is 0.337 e. The highest BCUT2D eigenvalue weighted by molar-refractivity contribution is 5.94. The summed E-state index contributed by atoms with van der Waals surface area (Å²) in [6, 6.07) is 5.50. The minimum atomic E-state index is -0.898. The molecule has 1 heterocycles. The summed E-state index contributed by atoms with van der Waals surface area (Å²) in [6.07, 6.45) is 2.11. The second-order valence-electron chi connectivity index (χ2n) is 5.46. The van der Waals surface area contributed by atoms with E-state index in [1.54, 1.807) is 19.2 Å². The SMILES string of the molecule is CCN1CCC(N(C)c2cc(OC)ccc2C(=O)O)CC1. The molecule has 0 bridgehead atoms. The van der Waals surface area contributed by atoms with Gasteiger partial charge in [-0.2, -0.15) is 0 Å². The number of anilines is 1. The van der Waals surface area contributed by atoms with E-state index in [4.69, 9.17) is 4.74 Å². The van der Waals surface area contributed by atoms with E-state index >= 15 is 0 Å². The number of carbonyl (C=O) groups is 1. The number of rotatable bonds is 5. The Morgan fingerprint density at radius 2 is 2.10 bits per heavy atom. The molecular formula is C16H24N2O3. The number of piperidine rings is 1. The van der Waals surface area contributed by atoms with Crippen molar-refractivity contribution in [3.05, 3.63) is 23.8 Å². The summed E-state index contributed by atoms with van der Waals surface area (Å²) in [6.45, 7) is 5.39. The minimum absolute atomic E-state index is 0.330. The Labute approximate surface area is 126 Å². The Morgan fingerprint density at radius 3 is 2.62 bits per heavy atom. The zero-order valence-electron chi connectivity index (χ0n) is 13.0. The third-order valence-corrected chi connectivity index (χ3v) is 4.37. The number of hydrogen-bond acceptors (Lipinski definition) is 4. The number of methoxy groups -OCH3 is 1. The Bertz CT molecular complexity index is 496. The molecule has 0 aliphatic carbocycles. The normalized spacial score (nSPS) is 16.7. The van der Waals surface area contributed by atoms with E-state index in [1.165, 1.54) is 0 Å². The summed E-state index contributed by atoms with van der Waals surface area (Å²) >= 11 is 0. The fourth-order valence-electron chi connectivity index (χ4n) is 2.93. The Balaban J connectivity index is 2.21. The molecule has 0 atom stereocenters. The van der Waals surface area contributed by atoms with Crippen LogP contribution in [0.5, 0.6) is 5.75 Å². The van der Waals surface area contributed by atoms with Gasteiger partial charge in [-0.1, -0.05) is 6.92 Å². The zero-order valence-corrected chi connectivity index (χ0v) is 13.0. The largest absolute Gasteiger partial charge is 0.497 e. The highest BCUT2D eigenvalue weighted by Crippen LogP contribution is 2.29. The molecule has 0 amide bonds. The minimum Gasteiger partial charge on any atom is -0.497 e. The van der Waals surface area contributed by atoms with Crippen LogP contribution in [-0.2, 0) is 0 Å². The first-order valence-electron chi connectivity index (χ1n) is 7.43. The number of likely N-dealkylation sites (tertiary alicyclic amines) is 1. The third-order valence-electron chi connectivity index (χ3n) is 4.37. The van der Waals surface area contributed by atoms with Crippen molar-refractivity contribution in [1.82, 2.24) is 4.90 Å². The van der Waals surface area contributed by atoms with Crippen LogP contribution < -0.4 is 9.64 Å². The molecule has 1 saturated heterocycles. The molecule has 21 heavy (non-hydrogen) atoms. The zero-order chi connectivity index (χ0) is 15.4. The van der Waals surface area contributed by atoms with Gasteiger partial charge in [-0.25, -0.2) is 4.79 Å². The Hall–Kier alpha value is -1.75. The summed E-state index contributed by atoms with van der Waals surface area (Å²) < 4.78 is 5.23. The molecule has 1 aromatic carbocycles. The second kappa shape index (κ2) is 6.80. The van der Waals surface area contributed by atoms with Crippen LogP contribution in [0.3, 0.4) is 0 Å². The van der Waals surface area contributed by atoms with Crippen molar-refractivity contribution in [2.24, 2.45) is 0 Å². The molecule has 5 nitrogen and oxygen atoms in total. The van der Waals surface area contributed by atoms with Crippen LogP contribution in [0.2, 0.25) is 0 Å². The maximum atomic E-state index is 11.4. The maximum absolute atomic E-state index is 11.4. The number of carboxylic acid groups (broad SMARTS) is 1. The van der Waals surface area contributed by atoms with Crippen molar-refractivity contribution in [3.8, 4) is 5.75 Å². The lowest BCUT2D eigenvalue weighted by Crippen LogP contribution is -2.43. The topological polar surface area (TPSA) is 53.0 Å². The summed E-state index contributed by atoms with van der Waals surface area (Å²) in [7, 11) is 3.58. The average Bonchev–Trinajstić information content (AvgIpc) is 2.53. The molecule has 1 aliphatic heterocycles. The summed E-state index contributed by atoms with van der Waals surface area (Å²) in [5.74, 6) is -0.210. The predicted octanol–water partition coefficient (Wildman–Crippen LogP) is 2.31. The molecule has 1 N–H and O–H groups in total. The van der Waals surface area contributed by atoms with Gasteiger partial charge < -0.3 is 19.6 Å². The van der Waals surface area contributed by atoms with Gasteiger partial charge in [0.25, 0.3) is 0 Å². The first-order valence-corrected chi connectivity index (χ1v) is 7.43. The van der Waals surface area contributed by atoms with E-state index in [0.717, 1.165) is 38.2 Å². The molecule has 5 heteroatoms. The molecule has 116 valence electrons. The van der Waals surface area contributed by atoms with Crippen molar-refractivity contribution in [2.75, 3.05) is 38.7 Å². The molecule has 0 spiro atoms. The van der Waals surface area contributed by atoms with Crippen molar-refractivity contribution in [2.45, 2.75) is 25.8 Å². The van der Waals surface area contributed by atoms with Crippen LogP contribution in [0.1, 0.15) is 30.1 Å². The summed E-state index contributed by atoms with van der Waals surface area (Å²) in [5.41, 5.74) is 1.06. The summed E-state index contributed by atoms with van der Waals surface area (Å²) in [4.78, 5) is 16.0. The lowest BCUT2D eigenvalue weighted by atomic mass is 10.0. The van der Waals surface area contributed by atoms with Crippen LogP contribution >= 0.6 is 0 Å². The molecule has 0 unspecified atom stereocenters. The van der Waals surface area contributed by atoms with E-state index in [9.17, 15) is 9.90 Å². The fourth-order valence-corrected chi connectivity index (χ4v) is 2.93. The molecule has 2 rings (SSSR count). The van der Waals surface area contributed by atoms with Gasteiger partial charge in [0.1, 0.15) is 5.75 Å². The van der Waals surface area contributed by atoms with Crippen LogP contribution in [0.4, 0.5) is 5.69 Å². The Kier molecular flexibility index (Phi) is 5.07. The molecule has 0 saturated carbocycles. The number of carboxylic acids is 1. The van der Waals surface area contributed by atoms with Crippen molar-refractivity contribution < 1.29 is 14.6 Å². The van der Waals surface area contributed by atoms with Gasteiger partial charge in [-0.15, -0.1) is 0 Å². The smallest absolute Gasteiger partial charge is 0.337 e. The first kappa shape index (κ1) is 15.6. The number of nitrogens with zero attached hydrogens (tertiary/aromatic N) is 2. The van der Waals surface area contributed by atoms with E-state index < -0.39 is 5.97 Å². The summed E-state index contributed by atoms with van der Waals surface area (Å²) in [5, 5.41) is 9.38. The first-order chi connectivity index (χ1) is 10.1. The standard InChI is InChI=1S/C16H24N2O3/c1-4-18-9-7-12(8-10-18)17(2)15-11-13(21-3)5-6-14(15)16(19)20/h5-6,11-12H,4,7-10H2,1-3H3,(H,19,20). The second-order valence-corrected chi connectivity index (χ2v) is 5.46. The van der Waals surface area contributed by atoms with Gasteiger partial charge >= 0.3 is 5.97 Å². The number of benzene rings is 1. The van der Waals surface area contributed by atoms with Crippen molar-refractivity contribution in [1.29, 1.82) is 0 Å². The predicted molar refractivity (Wildman–Crippen MR) is 83.5 cm³/mol. The average molecular weight is 292 g/mol. The van der Waals surface area contributed by atoms with E-state index in [-0.39, 0.29) is 0 Å². The fraction of sp³-hybridized carbons (Fsp3) is 0.562. The molecule has 1 aliphatic rings. The van der Waals surface area contributed by atoms with Gasteiger partial charge in [-0.05, 0) is 31.5 Å². The molecule has 1 aromatic rings. The van der Waals surface area contributed by atoms with E-state index in [1.807, 2.05) is 13.1 Å². The highest BCUT2D eigenvalue weighted by atomic mass is 16.5. The quantitative estimate of drug-likeness (QED) is 0.902. The molecular weight excluding hydrogens is 268 g/mol. The van der Waals surface area contributed by atoms with Gasteiger partial charge in [0.05, 0.1) is 18.4 Å². The third kappa shape index (κ3) is 3.47. The van der Waals surface area contributed by atoms with E-state index in [2.05, 4.69) is 16.7 Å². The van der Waals surface area contributed by atoms with Crippen molar-refractivity contribution in [3.63, 3.8) is 0 Å². The van der Waals surface area contributed by atoms with E-state index in [0.29, 0.717) is 17.4 Å². The van der Waals surface area contributed by atoms with Crippen LogP contribution in [0.25, 0.3) is 0 Å². The lowest BCUT2D eigenvalue weighted by molar-refractivity contribution is 0.0697. The molecule has 0 aromatic heterocycles. The van der Waals surface area contributed by atoms with Crippen LogP contribution in [0, 0.1) is 0 Å². The lowest BCUT2D eigenvalue weighted by Gasteiger charge is -2.38. The van der Waals surface area contributed by atoms with Crippen LogP contribution in [0.15, 0.2) is 18.2 Å². The highest BCUT2D eigenvalue weighted by Gasteiger charge is 2.24. The van der Waals surface area contributed by atoms with Gasteiger partial charge in [0, 0.05) is 32.2 Å². The number of aromatic carboxylic acids is 1. The van der Waals surface area contributed by atoms with Gasteiger partial charge in [0.2, 0.25) is 0 Å². The Morgan fingerprint density at radius 1 is 1.43 bits per heavy atom. The van der Waals surface area contributed by atoms with Gasteiger partial charge in [-0.3, -0.25) is 0 Å².